The average molecular weight is 389 g/mol. The molecule has 0 radical (unpaired) electrons. The van der Waals surface area contributed by atoms with Crippen LogP contribution in [-0.2, 0) is 14.8 Å². The van der Waals surface area contributed by atoms with Gasteiger partial charge in [0.15, 0.2) is 5.76 Å². The number of hydrogen-bond donors (Lipinski definition) is 2. The second-order valence-corrected chi connectivity index (χ2v) is 8.18. The number of benzene rings is 1. The number of aromatic nitrogens is 1. The lowest BCUT2D eigenvalue weighted by atomic mass is 10.2. The first kappa shape index (κ1) is 17.8. The highest BCUT2D eigenvalue weighted by Crippen LogP contribution is 2.25. The molecule has 1 amide bonds. The third-order valence-corrected chi connectivity index (χ3v) is 6.19. The van der Waals surface area contributed by atoms with Crippen LogP contribution in [0, 0.1) is 6.92 Å². The summed E-state index contributed by atoms with van der Waals surface area (Å²) in [4.78, 5) is 15.7. The first-order valence-electron chi connectivity index (χ1n) is 8.52. The minimum Gasteiger partial charge on any atom is -0.438 e. The van der Waals surface area contributed by atoms with Gasteiger partial charge in [0.2, 0.25) is 5.09 Å². The molecule has 1 saturated heterocycles. The Hall–Kier alpha value is -2.62. The molecule has 1 fully saturated rings. The molecule has 0 saturated carbocycles. The average Bonchev–Trinajstić information content (AvgIpc) is 3.29. The number of furan rings is 1. The predicted molar refractivity (Wildman–Crippen MR) is 99.3 cm³/mol. The first-order chi connectivity index (χ1) is 12.9. The molecule has 3 heterocycles. The van der Waals surface area contributed by atoms with E-state index in [2.05, 4.69) is 10.3 Å². The van der Waals surface area contributed by atoms with E-state index < -0.39 is 15.9 Å². The van der Waals surface area contributed by atoms with E-state index in [0.29, 0.717) is 18.9 Å². The summed E-state index contributed by atoms with van der Waals surface area (Å²) in [7, 11) is -3.78. The first-order valence-corrected chi connectivity index (χ1v) is 9.96. The van der Waals surface area contributed by atoms with Crippen molar-refractivity contribution >= 4 is 32.5 Å². The van der Waals surface area contributed by atoms with E-state index in [-0.39, 0.29) is 23.9 Å². The molecule has 142 valence electrons. The van der Waals surface area contributed by atoms with E-state index in [1.807, 2.05) is 25.1 Å². The monoisotopic (exact) mass is 389 g/mol. The Bertz CT molecular complexity index is 1090. The number of carbonyl (C=O) groups is 1. The van der Waals surface area contributed by atoms with Crippen molar-refractivity contribution in [2.45, 2.75) is 12.0 Å². The van der Waals surface area contributed by atoms with Crippen molar-refractivity contribution in [2.75, 3.05) is 31.6 Å². The Morgan fingerprint density at radius 2 is 1.96 bits per heavy atom. The second-order valence-electron chi connectivity index (χ2n) is 6.31. The zero-order valence-corrected chi connectivity index (χ0v) is 15.5. The van der Waals surface area contributed by atoms with Gasteiger partial charge in [-0.15, -0.1) is 0 Å². The van der Waals surface area contributed by atoms with Crippen molar-refractivity contribution in [1.29, 1.82) is 0 Å². The minimum absolute atomic E-state index is 0.0638. The van der Waals surface area contributed by atoms with Crippen LogP contribution in [0.5, 0.6) is 0 Å². The summed E-state index contributed by atoms with van der Waals surface area (Å²) in [6.45, 7) is 3.14. The molecule has 3 aromatic rings. The number of anilines is 1. The van der Waals surface area contributed by atoms with Crippen LogP contribution in [-0.4, -0.2) is 49.9 Å². The van der Waals surface area contributed by atoms with Crippen molar-refractivity contribution in [1.82, 2.24) is 9.29 Å². The van der Waals surface area contributed by atoms with Crippen molar-refractivity contribution in [3.8, 4) is 0 Å². The maximum absolute atomic E-state index is 12.6. The number of hydrogen-bond acceptors (Lipinski definition) is 5. The minimum atomic E-state index is -3.78. The zero-order valence-electron chi connectivity index (χ0n) is 14.7. The number of nitrogens with one attached hydrogen (secondary N) is 2. The lowest BCUT2D eigenvalue weighted by Gasteiger charge is -2.24. The van der Waals surface area contributed by atoms with E-state index in [9.17, 15) is 13.2 Å². The molecule has 0 unspecified atom stereocenters. The fourth-order valence-electron chi connectivity index (χ4n) is 3.08. The Labute approximate surface area is 156 Å². The van der Waals surface area contributed by atoms with E-state index in [1.54, 1.807) is 6.07 Å². The Morgan fingerprint density at radius 1 is 1.19 bits per heavy atom. The van der Waals surface area contributed by atoms with E-state index >= 15 is 0 Å². The highest BCUT2D eigenvalue weighted by molar-refractivity contribution is 7.89. The maximum Gasteiger partial charge on any atom is 0.291 e. The molecular weight excluding hydrogens is 370 g/mol. The quantitative estimate of drug-likeness (QED) is 0.713. The van der Waals surface area contributed by atoms with E-state index in [4.69, 9.17) is 9.15 Å². The van der Waals surface area contributed by atoms with Crippen LogP contribution < -0.4 is 5.32 Å². The SMILES string of the molecule is Cc1cc2c(NC(=O)c3ccc(S(=O)(=O)N4CCOCC4)o3)cccc2[nH]1. The molecule has 0 bridgehead atoms. The zero-order chi connectivity index (χ0) is 19.0. The molecule has 0 atom stereocenters. The Balaban J connectivity index is 1.56. The van der Waals surface area contributed by atoms with Gasteiger partial charge in [0.05, 0.1) is 18.9 Å². The number of morpholine rings is 1. The van der Waals surface area contributed by atoms with Crippen LogP contribution in [0.2, 0.25) is 0 Å². The van der Waals surface area contributed by atoms with E-state index in [0.717, 1.165) is 16.6 Å². The summed E-state index contributed by atoms with van der Waals surface area (Å²) in [5.41, 5.74) is 2.50. The highest BCUT2D eigenvalue weighted by atomic mass is 32.2. The van der Waals surface area contributed by atoms with Gasteiger partial charge in [-0.1, -0.05) is 6.07 Å². The highest BCUT2D eigenvalue weighted by Gasteiger charge is 2.30. The molecule has 8 nitrogen and oxygen atoms in total. The van der Waals surface area contributed by atoms with Crippen LogP contribution in [0.1, 0.15) is 16.2 Å². The van der Waals surface area contributed by atoms with Crippen molar-refractivity contribution in [3.63, 3.8) is 0 Å². The molecule has 2 N–H and O–H groups in total. The van der Waals surface area contributed by atoms with Gasteiger partial charge < -0.3 is 19.5 Å². The fourth-order valence-corrected chi connectivity index (χ4v) is 4.40. The molecule has 0 spiro atoms. The van der Waals surface area contributed by atoms with Crippen LogP contribution in [0.3, 0.4) is 0 Å². The Morgan fingerprint density at radius 3 is 2.74 bits per heavy atom. The van der Waals surface area contributed by atoms with Gasteiger partial charge in [-0.3, -0.25) is 4.79 Å². The van der Waals surface area contributed by atoms with Crippen LogP contribution in [0.4, 0.5) is 5.69 Å². The Kier molecular flexibility index (Phi) is 4.50. The van der Waals surface area contributed by atoms with Gasteiger partial charge in [-0.05, 0) is 37.3 Å². The number of sulfonamides is 1. The summed E-state index contributed by atoms with van der Waals surface area (Å²) < 4.78 is 37.0. The maximum atomic E-state index is 12.6. The van der Waals surface area contributed by atoms with Crippen LogP contribution >= 0.6 is 0 Å². The van der Waals surface area contributed by atoms with Gasteiger partial charge in [-0.2, -0.15) is 4.31 Å². The van der Waals surface area contributed by atoms with Gasteiger partial charge in [0.1, 0.15) is 0 Å². The van der Waals surface area contributed by atoms with Crippen molar-refractivity contribution in [2.24, 2.45) is 0 Å². The number of amides is 1. The van der Waals surface area contributed by atoms with Crippen molar-refractivity contribution in [3.05, 3.63) is 47.9 Å². The molecule has 1 aliphatic rings. The summed E-state index contributed by atoms with van der Waals surface area (Å²) in [5.74, 6) is -0.573. The molecule has 1 aromatic carbocycles. The summed E-state index contributed by atoms with van der Waals surface area (Å²) in [6.07, 6.45) is 0. The van der Waals surface area contributed by atoms with Crippen molar-refractivity contribution < 1.29 is 22.4 Å². The predicted octanol–water partition coefficient (Wildman–Crippen LogP) is 2.34. The molecule has 4 rings (SSSR count). The summed E-state index contributed by atoms with van der Waals surface area (Å²) in [6, 6.07) is 10.1. The topological polar surface area (TPSA) is 105 Å². The number of H-pyrrole nitrogens is 1. The molecule has 0 aliphatic carbocycles. The third-order valence-electron chi connectivity index (χ3n) is 4.42. The van der Waals surface area contributed by atoms with Crippen LogP contribution in [0.15, 0.2) is 45.9 Å². The van der Waals surface area contributed by atoms with Crippen LogP contribution in [0.25, 0.3) is 10.9 Å². The van der Waals surface area contributed by atoms with Gasteiger partial charge in [0, 0.05) is 29.7 Å². The molecule has 9 heteroatoms. The van der Waals surface area contributed by atoms with Gasteiger partial charge in [-0.25, -0.2) is 8.42 Å². The van der Waals surface area contributed by atoms with Gasteiger partial charge in [0.25, 0.3) is 15.9 Å². The molecule has 2 aromatic heterocycles. The molecule has 1 aliphatic heterocycles. The lowest BCUT2D eigenvalue weighted by molar-refractivity contribution is 0.0723. The number of aromatic amines is 1. The number of aryl methyl sites for hydroxylation is 1. The number of carbonyl (C=O) groups excluding carboxylic acids is 1. The van der Waals surface area contributed by atoms with E-state index in [1.165, 1.54) is 16.4 Å². The fraction of sp³-hybridized carbons (Fsp3) is 0.278. The summed E-state index contributed by atoms with van der Waals surface area (Å²) in [5, 5.41) is 3.40. The number of fused-ring (bicyclic) bond motifs is 1. The second kappa shape index (κ2) is 6.84. The lowest BCUT2D eigenvalue weighted by Crippen LogP contribution is -2.40. The van der Waals surface area contributed by atoms with Gasteiger partial charge >= 0.3 is 0 Å². The smallest absolute Gasteiger partial charge is 0.291 e. The third kappa shape index (κ3) is 3.36. The molecular formula is C18H19N3O5S. The number of nitrogens with zero attached hydrogens (tertiary/aromatic N) is 1. The molecule has 27 heavy (non-hydrogen) atoms. The number of ether oxygens (including phenoxy) is 1. The standard InChI is InChI=1S/C18H19N3O5S/c1-12-11-13-14(19-12)3-2-4-15(13)20-18(22)16-5-6-17(26-16)27(23,24)21-7-9-25-10-8-21/h2-6,11,19H,7-10H2,1H3,(H,20,22). The number of rotatable bonds is 4. The summed E-state index contributed by atoms with van der Waals surface area (Å²) >= 11 is 0. The largest absolute Gasteiger partial charge is 0.438 e. The normalized spacial score (nSPS) is 15.9.